The Hall–Kier alpha value is -5.97. The first-order chi connectivity index (χ1) is 28.3. The van der Waals surface area contributed by atoms with Crippen molar-refractivity contribution in [1.82, 2.24) is 30.6 Å². The molecule has 5 amide bonds. The summed E-state index contributed by atoms with van der Waals surface area (Å²) < 4.78 is 45.4. The number of pyridine rings is 1. The van der Waals surface area contributed by atoms with Crippen LogP contribution in [0.4, 0.5) is 4.79 Å². The average molecular weight is 829 g/mol. The van der Waals surface area contributed by atoms with E-state index >= 15 is 0 Å². The highest BCUT2D eigenvalue weighted by molar-refractivity contribution is 7.91. The van der Waals surface area contributed by atoms with Crippen molar-refractivity contribution in [3.63, 3.8) is 0 Å². The van der Waals surface area contributed by atoms with Crippen molar-refractivity contribution in [2.75, 3.05) is 20.2 Å². The number of benzene rings is 2. The van der Waals surface area contributed by atoms with E-state index in [-0.39, 0.29) is 32.0 Å². The van der Waals surface area contributed by atoms with Gasteiger partial charge < -0.3 is 35.1 Å². The van der Waals surface area contributed by atoms with Crippen molar-refractivity contribution in [3.8, 4) is 22.8 Å². The lowest BCUT2D eigenvalue weighted by Gasteiger charge is -2.30. The van der Waals surface area contributed by atoms with Crippen molar-refractivity contribution in [2.45, 2.75) is 86.4 Å². The number of fused-ring (bicyclic) bond motifs is 1. The molecule has 2 aromatic carbocycles. The summed E-state index contributed by atoms with van der Waals surface area (Å²) in [6.45, 7) is 6.72. The largest absolute Gasteiger partial charge is 0.497 e. The fourth-order valence-corrected chi connectivity index (χ4v) is 9.10. The van der Waals surface area contributed by atoms with Gasteiger partial charge in [-0.25, -0.2) is 18.2 Å². The van der Waals surface area contributed by atoms with Crippen LogP contribution in [0.2, 0.25) is 0 Å². The topological polar surface area (TPSA) is 211 Å². The number of alkyl carbamates (subject to hydrolysis) is 1. The van der Waals surface area contributed by atoms with Gasteiger partial charge in [-0.05, 0) is 63.2 Å². The number of nitrogens with zero attached hydrogens (tertiary/aromatic N) is 2. The molecule has 5 atom stereocenters. The number of carbonyl (C=O) groups is 5. The number of hydrogen-bond acceptors (Lipinski definition) is 11. The molecule has 1 saturated heterocycles. The number of rotatable bonds is 16. The molecule has 0 radical (unpaired) electrons. The van der Waals surface area contributed by atoms with Crippen LogP contribution in [0.1, 0.15) is 51.4 Å². The number of carbonyl (C=O) groups excluding carboxylic acids is 5. The number of methoxy groups -OCH3 is 1. The van der Waals surface area contributed by atoms with E-state index in [1.54, 1.807) is 31.4 Å². The van der Waals surface area contributed by atoms with Crippen LogP contribution in [0.25, 0.3) is 22.2 Å². The lowest BCUT2D eigenvalue weighted by atomic mass is 10.1. The minimum absolute atomic E-state index is 0.0622. The molecular formula is C42H48N6O10S. The van der Waals surface area contributed by atoms with Crippen LogP contribution >= 0.6 is 0 Å². The smallest absolute Gasteiger partial charge is 0.408 e. The molecular weight excluding hydrogens is 781 g/mol. The second kappa shape index (κ2) is 17.1. The number of likely N-dealkylation sites (tertiary alicyclic amines) is 1. The van der Waals surface area contributed by atoms with E-state index in [4.69, 9.17) is 19.2 Å². The minimum atomic E-state index is -3.95. The average Bonchev–Trinajstić information content (AvgIpc) is 4.12. The molecule has 59 heavy (non-hydrogen) atoms. The van der Waals surface area contributed by atoms with Gasteiger partial charge in [0, 0.05) is 42.0 Å². The Labute approximate surface area is 342 Å². The number of nitrogens with one attached hydrogen (secondary N) is 4. The summed E-state index contributed by atoms with van der Waals surface area (Å²) in [6, 6.07) is 13.9. The molecule has 0 spiro atoms. The predicted molar refractivity (Wildman–Crippen MR) is 216 cm³/mol. The Morgan fingerprint density at radius 1 is 1.00 bits per heavy atom. The molecule has 2 heterocycles. The third-order valence-corrected chi connectivity index (χ3v) is 13.1. The van der Waals surface area contributed by atoms with Gasteiger partial charge in [0.25, 0.3) is 5.91 Å². The summed E-state index contributed by atoms with van der Waals surface area (Å²) in [5, 5.41) is 7.86. The summed E-state index contributed by atoms with van der Waals surface area (Å²) >= 11 is 0. The van der Waals surface area contributed by atoms with Crippen molar-refractivity contribution in [3.05, 3.63) is 79.9 Å². The molecule has 7 rings (SSSR count). The first kappa shape index (κ1) is 41.2. The highest BCUT2D eigenvalue weighted by Gasteiger charge is 2.62. The maximum absolute atomic E-state index is 14.6. The molecule has 16 nitrogen and oxygen atoms in total. The first-order valence-electron chi connectivity index (χ1n) is 19.7. The zero-order valence-electron chi connectivity index (χ0n) is 32.7. The SMILES string of the molecule is C=CC(=O)NC[C@H](NC(=O)OC1CCCC1)C(=O)N1CC(Oc2cc(-c3ccccc3)nc3cc(OC)ccc23)C[C@H]1C(=O)N[C@]1(C(=O)NS(=O)(=O)C2CC2)C[C@H]1C=C. The van der Waals surface area contributed by atoms with Crippen LogP contribution in [0.5, 0.6) is 11.5 Å². The summed E-state index contributed by atoms with van der Waals surface area (Å²) in [5.74, 6) is -2.56. The molecule has 3 aromatic rings. The van der Waals surface area contributed by atoms with E-state index < -0.39 is 74.6 Å². The van der Waals surface area contributed by atoms with Crippen LogP contribution in [-0.2, 0) is 33.9 Å². The Morgan fingerprint density at radius 2 is 1.75 bits per heavy atom. The van der Waals surface area contributed by atoms with Gasteiger partial charge in [-0.15, -0.1) is 6.58 Å². The summed E-state index contributed by atoms with van der Waals surface area (Å²) in [5.41, 5.74) is 0.362. The highest BCUT2D eigenvalue weighted by Crippen LogP contribution is 2.45. The molecule has 3 aliphatic carbocycles. The summed E-state index contributed by atoms with van der Waals surface area (Å²) in [4.78, 5) is 74.2. The molecule has 1 unspecified atom stereocenters. The Kier molecular flexibility index (Phi) is 11.9. The minimum Gasteiger partial charge on any atom is -0.497 e. The van der Waals surface area contributed by atoms with Gasteiger partial charge in [-0.2, -0.15) is 0 Å². The molecule has 3 saturated carbocycles. The maximum Gasteiger partial charge on any atom is 0.408 e. The third kappa shape index (κ3) is 9.19. The molecule has 312 valence electrons. The van der Waals surface area contributed by atoms with Gasteiger partial charge >= 0.3 is 6.09 Å². The monoisotopic (exact) mass is 828 g/mol. The van der Waals surface area contributed by atoms with Crippen molar-refractivity contribution in [1.29, 1.82) is 0 Å². The zero-order valence-corrected chi connectivity index (χ0v) is 33.5. The van der Waals surface area contributed by atoms with Gasteiger partial charge in [-0.1, -0.05) is 43.0 Å². The lowest BCUT2D eigenvalue weighted by molar-refractivity contribution is -0.141. The van der Waals surface area contributed by atoms with E-state index in [2.05, 4.69) is 33.8 Å². The fourth-order valence-electron chi connectivity index (χ4n) is 7.74. The summed E-state index contributed by atoms with van der Waals surface area (Å²) in [7, 11) is -2.40. The van der Waals surface area contributed by atoms with Gasteiger partial charge in [-0.3, -0.25) is 23.9 Å². The molecule has 4 aliphatic rings. The van der Waals surface area contributed by atoms with Crippen LogP contribution in [0.15, 0.2) is 79.9 Å². The molecule has 4 fully saturated rings. The molecule has 1 aliphatic heterocycles. The van der Waals surface area contributed by atoms with E-state index in [0.717, 1.165) is 24.5 Å². The Morgan fingerprint density at radius 3 is 2.41 bits per heavy atom. The van der Waals surface area contributed by atoms with Gasteiger partial charge in [0.2, 0.25) is 27.7 Å². The van der Waals surface area contributed by atoms with Gasteiger partial charge in [0.05, 0.1) is 30.1 Å². The number of sulfonamides is 1. The molecule has 17 heteroatoms. The number of aromatic nitrogens is 1. The van der Waals surface area contributed by atoms with E-state index in [1.165, 1.54) is 11.0 Å². The predicted octanol–water partition coefficient (Wildman–Crippen LogP) is 3.27. The van der Waals surface area contributed by atoms with Gasteiger partial charge in [0.1, 0.15) is 41.3 Å². The number of amides is 5. The van der Waals surface area contributed by atoms with E-state index in [1.807, 2.05) is 30.3 Å². The van der Waals surface area contributed by atoms with Crippen molar-refractivity contribution < 1.29 is 46.6 Å². The summed E-state index contributed by atoms with van der Waals surface area (Å²) in [6.07, 6.45) is 4.53. The fraction of sp³-hybridized carbons (Fsp3) is 0.429. The van der Waals surface area contributed by atoms with Crippen molar-refractivity contribution >= 4 is 50.6 Å². The zero-order chi connectivity index (χ0) is 41.9. The molecule has 4 N–H and O–H groups in total. The standard InChI is InChI=1S/C42H48N6O10S/c1-4-26-22-42(26,40(52)47-59(54,55)30-16-17-30)46-38(50)35-20-29(24-48(35)39(51)34(23-43-37(49)5-2)45-41(53)58-27-13-9-10-14-27)57-36-21-32(25-11-7-6-8-12-25)44-33-19-28(56-3)15-18-31(33)36/h4-8,11-12,15,18-19,21,26-27,29-30,34-35H,1-2,9-10,13-14,16-17,20,22-24H2,3H3,(H,43,49)(H,45,53)(H,46,50)(H,47,52)/t26-,29?,34+,35+,42-/m1/s1. The number of hydrogen-bond donors (Lipinski definition) is 4. The maximum atomic E-state index is 14.6. The number of ether oxygens (including phenoxy) is 3. The second-order valence-corrected chi connectivity index (χ2v) is 17.3. The Bertz CT molecular complexity index is 2260. The van der Waals surface area contributed by atoms with Crippen LogP contribution in [-0.4, -0.2) is 103 Å². The Balaban J connectivity index is 1.20. The van der Waals surface area contributed by atoms with E-state index in [9.17, 15) is 32.4 Å². The van der Waals surface area contributed by atoms with Crippen LogP contribution < -0.4 is 30.1 Å². The van der Waals surface area contributed by atoms with Gasteiger partial charge in [0.15, 0.2) is 0 Å². The normalized spacial score (nSPS) is 23.1. The van der Waals surface area contributed by atoms with Crippen LogP contribution in [0, 0.1) is 5.92 Å². The first-order valence-corrected chi connectivity index (χ1v) is 21.3. The van der Waals surface area contributed by atoms with E-state index in [0.29, 0.717) is 53.8 Å². The highest BCUT2D eigenvalue weighted by atomic mass is 32.2. The third-order valence-electron chi connectivity index (χ3n) is 11.3. The van der Waals surface area contributed by atoms with Crippen molar-refractivity contribution in [2.24, 2.45) is 5.92 Å². The second-order valence-electron chi connectivity index (χ2n) is 15.4. The quantitative estimate of drug-likeness (QED) is 0.122. The van der Waals surface area contributed by atoms with Crippen LogP contribution in [0.3, 0.4) is 0 Å². The lowest BCUT2D eigenvalue weighted by Crippen LogP contribution is -2.59. The molecule has 1 aromatic heterocycles. The molecule has 0 bridgehead atoms.